The van der Waals surface area contributed by atoms with E-state index in [1.165, 1.54) is 0 Å². The quantitative estimate of drug-likeness (QED) is 0.197. The van der Waals surface area contributed by atoms with E-state index in [2.05, 4.69) is 15.6 Å². The number of aliphatic imine (C=N–C) groups is 1. The van der Waals surface area contributed by atoms with Crippen LogP contribution in [0.2, 0.25) is 0 Å². The second kappa shape index (κ2) is 12.8. The molecular formula is C19H32IN3O3. The molecule has 0 aromatic heterocycles. The van der Waals surface area contributed by atoms with E-state index in [0.29, 0.717) is 38.5 Å². The summed E-state index contributed by atoms with van der Waals surface area (Å²) in [6, 6.07) is 7.95. The van der Waals surface area contributed by atoms with Crippen LogP contribution in [0.4, 0.5) is 0 Å². The van der Waals surface area contributed by atoms with Crippen LogP contribution < -0.4 is 15.4 Å². The van der Waals surface area contributed by atoms with Gasteiger partial charge < -0.3 is 20.1 Å². The van der Waals surface area contributed by atoms with Gasteiger partial charge in [0.1, 0.15) is 11.4 Å². The Morgan fingerprint density at radius 2 is 1.88 bits per heavy atom. The Balaban J connectivity index is 0.00000625. The van der Waals surface area contributed by atoms with Crippen molar-refractivity contribution in [3.8, 4) is 5.75 Å². The number of carbonyl (C=O) groups excluding carboxylic acids is 1. The minimum Gasteiger partial charge on any atom is -0.488 e. The molecular weight excluding hydrogens is 445 g/mol. The van der Waals surface area contributed by atoms with Gasteiger partial charge in [0.25, 0.3) is 0 Å². The molecule has 0 heterocycles. The maximum atomic E-state index is 11.3. The second-order valence-electron chi connectivity index (χ2n) is 6.58. The van der Waals surface area contributed by atoms with Crippen molar-refractivity contribution in [2.75, 3.05) is 20.2 Å². The SMILES string of the molecule is CCOC(=O)CCCNC(=NC)NCc1ccccc1OC(C)(C)C.I. The molecule has 0 saturated carbocycles. The number of benzene rings is 1. The summed E-state index contributed by atoms with van der Waals surface area (Å²) in [5.41, 5.74) is 0.815. The Morgan fingerprint density at radius 3 is 2.50 bits per heavy atom. The average molecular weight is 477 g/mol. The van der Waals surface area contributed by atoms with Gasteiger partial charge in [-0.25, -0.2) is 0 Å². The first-order valence-electron chi connectivity index (χ1n) is 8.72. The first-order valence-corrected chi connectivity index (χ1v) is 8.72. The van der Waals surface area contributed by atoms with E-state index in [0.717, 1.165) is 11.3 Å². The molecule has 2 N–H and O–H groups in total. The van der Waals surface area contributed by atoms with E-state index in [4.69, 9.17) is 9.47 Å². The molecule has 7 heteroatoms. The number of nitrogens with zero attached hydrogens (tertiary/aromatic N) is 1. The number of carbonyl (C=O) groups is 1. The van der Waals surface area contributed by atoms with E-state index >= 15 is 0 Å². The minimum absolute atomic E-state index is 0. The summed E-state index contributed by atoms with van der Waals surface area (Å²) in [7, 11) is 1.72. The second-order valence-corrected chi connectivity index (χ2v) is 6.58. The van der Waals surface area contributed by atoms with Gasteiger partial charge in [0, 0.05) is 32.1 Å². The van der Waals surface area contributed by atoms with Gasteiger partial charge in [-0.3, -0.25) is 9.79 Å². The highest BCUT2D eigenvalue weighted by Gasteiger charge is 2.14. The standard InChI is InChI=1S/C19H31N3O3.HI/c1-6-24-17(23)12-9-13-21-18(20-5)22-14-15-10-7-8-11-16(15)25-19(2,3)4;/h7-8,10-11H,6,9,12-14H2,1-5H3,(H2,20,21,22);1H. The molecule has 148 valence electrons. The zero-order chi connectivity index (χ0) is 18.7. The van der Waals surface area contributed by atoms with Crippen molar-refractivity contribution in [1.82, 2.24) is 10.6 Å². The first kappa shape index (κ1) is 24.5. The number of hydrogen-bond donors (Lipinski definition) is 2. The predicted molar refractivity (Wildman–Crippen MR) is 116 cm³/mol. The van der Waals surface area contributed by atoms with E-state index in [9.17, 15) is 4.79 Å². The summed E-state index contributed by atoms with van der Waals surface area (Å²) in [4.78, 5) is 15.5. The molecule has 0 fully saturated rings. The van der Waals surface area contributed by atoms with Gasteiger partial charge in [-0.05, 0) is 40.2 Å². The lowest BCUT2D eigenvalue weighted by Gasteiger charge is -2.23. The fourth-order valence-electron chi connectivity index (χ4n) is 2.15. The van der Waals surface area contributed by atoms with E-state index in [1.54, 1.807) is 7.05 Å². The van der Waals surface area contributed by atoms with Crippen LogP contribution in [0.15, 0.2) is 29.3 Å². The van der Waals surface area contributed by atoms with Gasteiger partial charge in [-0.1, -0.05) is 18.2 Å². The summed E-state index contributed by atoms with van der Waals surface area (Å²) >= 11 is 0. The Kier molecular flexibility index (Phi) is 12.0. The molecule has 0 aliphatic heterocycles. The molecule has 26 heavy (non-hydrogen) atoms. The fraction of sp³-hybridized carbons (Fsp3) is 0.579. The third kappa shape index (κ3) is 10.5. The predicted octanol–water partition coefficient (Wildman–Crippen LogP) is 3.49. The number of ether oxygens (including phenoxy) is 2. The monoisotopic (exact) mass is 477 g/mol. The third-order valence-electron chi connectivity index (χ3n) is 3.21. The summed E-state index contributed by atoms with van der Waals surface area (Å²) in [5.74, 6) is 1.38. The zero-order valence-electron chi connectivity index (χ0n) is 16.4. The van der Waals surface area contributed by atoms with Gasteiger partial charge in [0.2, 0.25) is 0 Å². The Labute approximate surface area is 174 Å². The molecule has 6 nitrogen and oxygen atoms in total. The van der Waals surface area contributed by atoms with Gasteiger partial charge >= 0.3 is 5.97 Å². The summed E-state index contributed by atoms with van der Waals surface area (Å²) < 4.78 is 10.9. The van der Waals surface area contributed by atoms with Crippen molar-refractivity contribution in [3.63, 3.8) is 0 Å². The molecule has 0 aliphatic carbocycles. The van der Waals surface area contributed by atoms with Crippen LogP contribution in [-0.2, 0) is 16.1 Å². The van der Waals surface area contributed by atoms with Crippen molar-refractivity contribution < 1.29 is 14.3 Å². The smallest absolute Gasteiger partial charge is 0.305 e. The van der Waals surface area contributed by atoms with E-state index < -0.39 is 0 Å². The zero-order valence-corrected chi connectivity index (χ0v) is 18.8. The maximum Gasteiger partial charge on any atom is 0.305 e. The molecule has 0 radical (unpaired) electrons. The lowest BCUT2D eigenvalue weighted by molar-refractivity contribution is -0.143. The summed E-state index contributed by atoms with van der Waals surface area (Å²) in [6.07, 6.45) is 1.10. The summed E-state index contributed by atoms with van der Waals surface area (Å²) in [6.45, 7) is 9.57. The molecule has 0 bridgehead atoms. The largest absolute Gasteiger partial charge is 0.488 e. The lowest BCUT2D eigenvalue weighted by Crippen LogP contribution is -2.37. The summed E-state index contributed by atoms with van der Waals surface area (Å²) in [5, 5.41) is 6.46. The number of rotatable bonds is 8. The topological polar surface area (TPSA) is 72.0 Å². The third-order valence-corrected chi connectivity index (χ3v) is 3.21. The van der Waals surface area contributed by atoms with Crippen molar-refractivity contribution in [2.45, 2.75) is 52.7 Å². The van der Waals surface area contributed by atoms with Crippen LogP contribution in [0.1, 0.15) is 46.1 Å². The lowest BCUT2D eigenvalue weighted by atomic mass is 10.1. The average Bonchev–Trinajstić information content (AvgIpc) is 2.54. The van der Waals surface area contributed by atoms with Crippen LogP contribution in [0.5, 0.6) is 5.75 Å². The van der Waals surface area contributed by atoms with Gasteiger partial charge in [-0.2, -0.15) is 0 Å². The van der Waals surface area contributed by atoms with Gasteiger partial charge in [0.05, 0.1) is 6.61 Å². The number of para-hydroxylation sites is 1. The minimum atomic E-state index is -0.247. The van der Waals surface area contributed by atoms with E-state index in [-0.39, 0.29) is 35.5 Å². The number of hydrogen-bond acceptors (Lipinski definition) is 4. The molecule has 0 aliphatic rings. The number of halogens is 1. The highest BCUT2D eigenvalue weighted by Crippen LogP contribution is 2.22. The van der Waals surface area contributed by atoms with Crippen molar-refractivity contribution in [1.29, 1.82) is 0 Å². The molecule has 1 aromatic rings. The van der Waals surface area contributed by atoms with Crippen LogP contribution >= 0.6 is 24.0 Å². The first-order chi connectivity index (χ1) is 11.9. The molecule has 0 amide bonds. The van der Waals surface area contributed by atoms with Crippen LogP contribution in [-0.4, -0.2) is 37.7 Å². The molecule has 0 unspecified atom stereocenters. The molecule has 1 aromatic carbocycles. The van der Waals surface area contributed by atoms with Crippen LogP contribution in [0.25, 0.3) is 0 Å². The molecule has 0 atom stereocenters. The highest BCUT2D eigenvalue weighted by atomic mass is 127. The maximum absolute atomic E-state index is 11.3. The Bertz CT molecular complexity index is 571. The van der Waals surface area contributed by atoms with Gasteiger partial charge in [-0.15, -0.1) is 24.0 Å². The molecule has 1 rings (SSSR count). The van der Waals surface area contributed by atoms with Crippen molar-refractivity contribution in [3.05, 3.63) is 29.8 Å². The van der Waals surface area contributed by atoms with Crippen molar-refractivity contribution >= 4 is 35.9 Å². The van der Waals surface area contributed by atoms with Gasteiger partial charge in [0.15, 0.2) is 5.96 Å². The number of esters is 1. The molecule has 0 saturated heterocycles. The van der Waals surface area contributed by atoms with Crippen molar-refractivity contribution in [2.24, 2.45) is 4.99 Å². The van der Waals surface area contributed by atoms with Crippen LogP contribution in [0.3, 0.4) is 0 Å². The molecule has 0 spiro atoms. The Hall–Kier alpha value is -1.51. The highest BCUT2D eigenvalue weighted by molar-refractivity contribution is 14.0. The number of nitrogens with one attached hydrogen (secondary N) is 2. The normalized spacial score (nSPS) is 11.3. The van der Waals surface area contributed by atoms with Crippen LogP contribution in [0, 0.1) is 0 Å². The Morgan fingerprint density at radius 1 is 1.19 bits per heavy atom. The fourth-order valence-corrected chi connectivity index (χ4v) is 2.15. The van der Waals surface area contributed by atoms with E-state index in [1.807, 2.05) is 52.0 Å². The number of guanidine groups is 1.